The van der Waals surface area contributed by atoms with Crippen LogP contribution in [0.15, 0.2) is 33.9 Å². The van der Waals surface area contributed by atoms with E-state index in [1.54, 1.807) is 24.3 Å². The van der Waals surface area contributed by atoms with Gasteiger partial charge in [-0.3, -0.25) is 0 Å². The molecule has 0 amide bonds. The van der Waals surface area contributed by atoms with E-state index >= 15 is 0 Å². The minimum Gasteiger partial charge on any atom is -0.719 e. The van der Waals surface area contributed by atoms with Crippen LogP contribution in [0.3, 0.4) is 0 Å². The molecule has 3 nitrogen and oxygen atoms in total. The van der Waals surface area contributed by atoms with E-state index in [9.17, 15) is 0 Å². The van der Waals surface area contributed by atoms with Crippen LogP contribution in [0.2, 0.25) is 5.02 Å². The summed E-state index contributed by atoms with van der Waals surface area (Å²) in [7, 11) is 0. The molecule has 0 spiro atoms. The van der Waals surface area contributed by atoms with Crippen molar-refractivity contribution in [3.8, 4) is 11.5 Å². The van der Waals surface area contributed by atoms with Crippen molar-refractivity contribution in [2.45, 2.75) is 5.22 Å². The van der Waals surface area contributed by atoms with Gasteiger partial charge in [0, 0.05) is 10.6 Å². The van der Waals surface area contributed by atoms with Gasteiger partial charge in [0.15, 0.2) is 0 Å². The summed E-state index contributed by atoms with van der Waals surface area (Å²) in [6.45, 7) is 0. The number of hydrogen-bond donors (Lipinski definition) is 0. The Morgan fingerprint density at radius 2 is 1.79 bits per heavy atom. The molecule has 0 aliphatic heterocycles. The van der Waals surface area contributed by atoms with Crippen molar-refractivity contribution in [1.29, 1.82) is 0 Å². The molecule has 0 atom stereocenters. The van der Waals surface area contributed by atoms with Gasteiger partial charge >= 0.3 is 51.4 Å². The molecule has 1 aromatic carbocycles. The van der Waals surface area contributed by atoms with Crippen molar-refractivity contribution in [3.63, 3.8) is 0 Å². The molecule has 0 bridgehead atoms. The van der Waals surface area contributed by atoms with Crippen molar-refractivity contribution in [1.82, 2.24) is 10.2 Å². The van der Waals surface area contributed by atoms with Gasteiger partial charge in [-0.25, -0.2) is 0 Å². The molecule has 0 unspecified atom stereocenters. The van der Waals surface area contributed by atoms with Gasteiger partial charge < -0.3 is 17.0 Å². The molecule has 6 heteroatoms. The zero-order valence-electron chi connectivity index (χ0n) is 7.40. The van der Waals surface area contributed by atoms with Crippen LogP contribution in [0.25, 0.3) is 11.5 Å². The number of hydrogen-bond acceptors (Lipinski definition) is 4. The van der Waals surface area contributed by atoms with Gasteiger partial charge in [-0.05, 0) is 24.3 Å². The molecular weight excluding hydrogens is 247 g/mol. The van der Waals surface area contributed by atoms with Gasteiger partial charge in [0.05, 0.1) is 5.22 Å². The molecule has 1 heterocycles. The fourth-order valence-corrected chi connectivity index (χ4v) is 1.16. The van der Waals surface area contributed by atoms with E-state index in [4.69, 9.17) is 28.6 Å². The maximum atomic E-state index is 5.72. The number of aromatic nitrogens is 2. The number of halogens is 1. The Hall–Kier alpha value is 0.506. The maximum Gasteiger partial charge on any atom is 1.00 e. The SMILES string of the molecule is [K+].[S-]c1nnc(-c2ccc(Cl)cc2)o1. The summed E-state index contributed by atoms with van der Waals surface area (Å²) in [5.74, 6) is 0.418. The van der Waals surface area contributed by atoms with Crippen LogP contribution in [0.4, 0.5) is 0 Å². The van der Waals surface area contributed by atoms with Gasteiger partial charge in [-0.2, -0.15) is 0 Å². The van der Waals surface area contributed by atoms with Crippen LogP contribution in [0.5, 0.6) is 0 Å². The predicted molar refractivity (Wildman–Crippen MR) is 50.4 cm³/mol. The first-order valence-corrected chi connectivity index (χ1v) is 4.31. The van der Waals surface area contributed by atoms with E-state index < -0.39 is 0 Å². The quantitative estimate of drug-likeness (QED) is 0.496. The summed E-state index contributed by atoms with van der Waals surface area (Å²) in [6, 6.07) is 7.10. The average Bonchev–Trinajstić information content (AvgIpc) is 2.53. The summed E-state index contributed by atoms with van der Waals surface area (Å²) in [5.41, 5.74) is 0.813. The molecule has 0 aliphatic rings. The molecule has 14 heavy (non-hydrogen) atoms. The fourth-order valence-electron chi connectivity index (χ4n) is 0.919. The van der Waals surface area contributed by atoms with Crippen LogP contribution in [0.1, 0.15) is 0 Å². The first-order chi connectivity index (χ1) is 6.25. The average molecular weight is 251 g/mol. The first kappa shape index (κ1) is 12.6. The zero-order valence-corrected chi connectivity index (χ0v) is 12.1. The summed E-state index contributed by atoms with van der Waals surface area (Å²) in [5, 5.41) is 8.14. The minimum atomic E-state index is 0. The largest absolute Gasteiger partial charge is 1.00 e. The summed E-state index contributed by atoms with van der Waals surface area (Å²) < 4.78 is 5.06. The number of benzene rings is 1. The molecule has 66 valence electrons. The molecule has 0 N–H and O–H groups in total. The van der Waals surface area contributed by atoms with Gasteiger partial charge in [-0.1, -0.05) is 11.6 Å². The van der Waals surface area contributed by atoms with Crippen molar-refractivity contribution in [2.75, 3.05) is 0 Å². The van der Waals surface area contributed by atoms with E-state index in [2.05, 4.69) is 10.2 Å². The third kappa shape index (κ3) is 3.00. The topological polar surface area (TPSA) is 38.9 Å². The van der Waals surface area contributed by atoms with E-state index in [0.717, 1.165) is 5.56 Å². The van der Waals surface area contributed by atoms with Gasteiger partial charge in [0.25, 0.3) is 0 Å². The standard InChI is InChI=1S/C8H5ClN2OS.K/c9-6-3-1-5(2-4-6)7-10-11-8(13)12-7;/h1-4H,(H,11,13);/q;+1/p-1. The molecule has 1 aromatic heterocycles. The van der Waals surface area contributed by atoms with Gasteiger partial charge in [0.1, 0.15) is 0 Å². The van der Waals surface area contributed by atoms with Crippen LogP contribution in [-0.4, -0.2) is 10.2 Å². The van der Waals surface area contributed by atoms with Gasteiger partial charge in [0.2, 0.25) is 5.89 Å². The second-order valence-electron chi connectivity index (χ2n) is 2.38. The van der Waals surface area contributed by atoms with E-state index in [1.807, 2.05) is 0 Å². The molecule has 0 fully saturated rings. The van der Waals surface area contributed by atoms with Crippen LogP contribution >= 0.6 is 11.6 Å². The molecular formula is C8H4ClKN2OS. The van der Waals surface area contributed by atoms with Gasteiger partial charge in [-0.15, -0.1) is 10.2 Å². The van der Waals surface area contributed by atoms with Crippen LogP contribution in [-0.2, 0) is 12.6 Å². The summed E-state index contributed by atoms with van der Waals surface area (Å²) >= 11 is 10.4. The molecule has 2 rings (SSSR count). The predicted octanol–water partition coefficient (Wildman–Crippen LogP) is -0.700. The van der Waals surface area contributed by atoms with Crippen molar-refractivity contribution in [3.05, 3.63) is 29.3 Å². The second-order valence-corrected chi connectivity index (χ2v) is 3.17. The minimum absolute atomic E-state index is 0. The van der Waals surface area contributed by atoms with Crippen molar-refractivity contribution >= 4 is 24.2 Å². The Morgan fingerprint density at radius 3 is 2.29 bits per heavy atom. The normalized spacial score (nSPS) is 9.50. The maximum absolute atomic E-state index is 5.72. The third-order valence-corrected chi connectivity index (χ3v) is 1.91. The molecule has 0 saturated carbocycles. The first-order valence-electron chi connectivity index (χ1n) is 3.52. The summed E-state index contributed by atoms with van der Waals surface area (Å²) in [6.07, 6.45) is 0. The summed E-state index contributed by atoms with van der Waals surface area (Å²) in [4.78, 5) is 0. The second kappa shape index (κ2) is 5.55. The Bertz CT molecular complexity index is 418. The van der Waals surface area contributed by atoms with E-state index in [-0.39, 0.29) is 56.6 Å². The van der Waals surface area contributed by atoms with E-state index in [1.165, 1.54) is 0 Å². The van der Waals surface area contributed by atoms with Crippen molar-refractivity contribution < 1.29 is 55.8 Å². The van der Waals surface area contributed by atoms with Crippen molar-refractivity contribution in [2.24, 2.45) is 0 Å². The molecule has 0 aliphatic carbocycles. The zero-order chi connectivity index (χ0) is 9.26. The Balaban J connectivity index is 0.000000980. The van der Waals surface area contributed by atoms with E-state index in [0.29, 0.717) is 10.9 Å². The Morgan fingerprint density at radius 1 is 1.14 bits per heavy atom. The molecule has 0 saturated heterocycles. The van der Waals surface area contributed by atoms with Crippen LogP contribution < -0.4 is 51.4 Å². The molecule has 0 radical (unpaired) electrons. The Labute approximate surface area is 134 Å². The number of nitrogens with zero attached hydrogens (tertiary/aromatic N) is 2. The molecule has 2 aromatic rings. The van der Waals surface area contributed by atoms with Crippen LogP contribution in [0, 0.1) is 0 Å². The smallest absolute Gasteiger partial charge is 0.719 e. The fraction of sp³-hybridized carbons (Fsp3) is 0. The third-order valence-electron chi connectivity index (χ3n) is 1.50. The monoisotopic (exact) mass is 250 g/mol. The number of rotatable bonds is 1. The Kier molecular flexibility index (Phi) is 4.99.